The summed E-state index contributed by atoms with van der Waals surface area (Å²) in [6.45, 7) is 5.74. The van der Waals surface area contributed by atoms with Crippen LogP contribution in [0.3, 0.4) is 0 Å². The molecule has 2 N–H and O–H groups in total. The molecule has 0 aliphatic carbocycles. The highest BCUT2D eigenvalue weighted by Gasteiger charge is 2.16. The van der Waals surface area contributed by atoms with Crippen LogP contribution in [0.2, 0.25) is 0 Å². The highest BCUT2D eigenvalue weighted by Crippen LogP contribution is 2.18. The number of amides is 1. The van der Waals surface area contributed by atoms with Crippen molar-refractivity contribution in [2.24, 2.45) is 0 Å². The first kappa shape index (κ1) is 17.5. The summed E-state index contributed by atoms with van der Waals surface area (Å²) in [6.07, 6.45) is 1.57. The molecule has 1 amide bonds. The number of carbonyl (C=O) groups excluding carboxylic acids is 2. The van der Waals surface area contributed by atoms with Gasteiger partial charge >= 0.3 is 5.97 Å². The predicted molar refractivity (Wildman–Crippen MR) is 92.5 cm³/mol. The molecule has 0 unspecified atom stereocenters. The number of methoxy groups -OCH3 is 1. The summed E-state index contributed by atoms with van der Waals surface area (Å²) in [6, 6.07) is 10.4. The molecule has 0 aliphatic rings. The maximum Gasteiger partial charge on any atom is 0.337 e. The number of nitrogens with one attached hydrogen (secondary N) is 2. The summed E-state index contributed by atoms with van der Waals surface area (Å²) in [5, 5.41) is 5.99. The van der Waals surface area contributed by atoms with Gasteiger partial charge in [-0.15, -0.1) is 0 Å². The van der Waals surface area contributed by atoms with E-state index in [9.17, 15) is 9.59 Å². The fourth-order valence-electron chi connectivity index (χ4n) is 2.02. The van der Waals surface area contributed by atoms with E-state index in [0.717, 1.165) is 5.69 Å². The fraction of sp³-hybridized carbons (Fsp3) is 0.278. The molecular weight excluding hydrogens is 306 g/mol. The van der Waals surface area contributed by atoms with Gasteiger partial charge < -0.3 is 15.4 Å². The Morgan fingerprint density at radius 1 is 1.08 bits per heavy atom. The van der Waals surface area contributed by atoms with Crippen LogP contribution in [0.4, 0.5) is 11.4 Å². The van der Waals surface area contributed by atoms with E-state index in [0.29, 0.717) is 16.9 Å². The average molecular weight is 327 g/mol. The van der Waals surface area contributed by atoms with Gasteiger partial charge in [0.1, 0.15) is 5.69 Å². The number of esters is 1. The second kappa shape index (κ2) is 7.12. The van der Waals surface area contributed by atoms with E-state index in [-0.39, 0.29) is 11.4 Å². The minimum atomic E-state index is -0.397. The Kier molecular flexibility index (Phi) is 5.18. The highest BCUT2D eigenvalue weighted by molar-refractivity contribution is 5.93. The zero-order valence-electron chi connectivity index (χ0n) is 14.2. The van der Waals surface area contributed by atoms with E-state index in [2.05, 4.69) is 15.6 Å². The third-order valence-electron chi connectivity index (χ3n) is 3.06. The molecule has 1 heterocycles. The number of rotatable bonds is 4. The summed E-state index contributed by atoms with van der Waals surface area (Å²) >= 11 is 0. The maximum atomic E-state index is 12.0. The first-order chi connectivity index (χ1) is 11.3. The second-order valence-corrected chi connectivity index (χ2v) is 6.33. The standard InChI is InChI=1S/C18H21N3O3/c1-18(2,3)21-16(22)15-9-8-14(11-19-15)20-13-7-5-6-12(10-13)17(23)24-4/h5-11,20H,1-4H3,(H,21,22). The smallest absolute Gasteiger partial charge is 0.337 e. The molecule has 6 heteroatoms. The van der Waals surface area contributed by atoms with Crippen LogP contribution in [0.1, 0.15) is 41.6 Å². The summed E-state index contributed by atoms with van der Waals surface area (Å²) in [4.78, 5) is 27.7. The van der Waals surface area contributed by atoms with Crippen LogP contribution in [0.15, 0.2) is 42.6 Å². The van der Waals surface area contributed by atoms with Crippen LogP contribution < -0.4 is 10.6 Å². The van der Waals surface area contributed by atoms with Gasteiger partial charge in [0.15, 0.2) is 0 Å². The van der Waals surface area contributed by atoms with E-state index in [1.165, 1.54) is 7.11 Å². The number of ether oxygens (including phenoxy) is 1. The zero-order chi connectivity index (χ0) is 17.7. The van der Waals surface area contributed by atoms with Gasteiger partial charge in [0.25, 0.3) is 5.91 Å². The Morgan fingerprint density at radius 2 is 1.83 bits per heavy atom. The van der Waals surface area contributed by atoms with Crippen molar-refractivity contribution in [2.45, 2.75) is 26.3 Å². The Morgan fingerprint density at radius 3 is 2.42 bits per heavy atom. The van der Waals surface area contributed by atoms with Crippen molar-refractivity contribution in [3.8, 4) is 0 Å². The molecule has 0 aliphatic heterocycles. The molecule has 0 atom stereocenters. The van der Waals surface area contributed by atoms with Gasteiger partial charge in [-0.2, -0.15) is 0 Å². The summed E-state index contributed by atoms with van der Waals surface area (Å²) < 4.78 is 4.70. The van der Waals surface area contributed by atoms with Crippen LogP contribution in [0.5, 0.6) is 0 Å². The molecule has 2 aromatic rings. The molecule has 1 aromatic carbocycles. The first-order valence-corrected chi connectivity index (χ1v) is 7.52. The van der Waals surface area contributed by atoms with Crippen molar-refractivity contribution < 1.29 is 14.3 Å². The lowest BCUT2D eigenvalue weighted by molar-refractivity contribution is 0.0600. The monoisotopic (exact) mass is 327 g/mol. The third kappa shape index (κ3) is 4.81. The number of pyridine rings is 1. The van der Waals surface area contributed by atoms with Crippen LogP contribution >= 0.6 is 0 Å². The van der Waals surface area contributed by atoms with E-state index in [4.69, 9.17) is 4.74 Å². The number of hydrogen-bond acceptors (Lipinski definition) is 5. The van der Waals surface area contributed by atoms with E-state index >= 15 is 0 Å². The molecule has 0 saturated carbocycles. The summed E-state index contributed by atoms with van der Waals surface area (Å²) in [5.74, 6) is -0.618. The van der Waals surface area contributed by atoms with Crippen molar-refractivity contribution in [2.75, 3.05) is 12.4 Å². The lowest BCUT2D eigenvalue weighted by Crippen LogP contribution is -2.40. The van der Waals surface area contributed by atoms with Crippen molar-refractivity contribution in [1.82, 2.24) is 10.3 Å². The number of anilines is 2. The van der Waals surface area contributed by atoms with Crippen LogP contribution in [-0.4, -0.2) is 29.5 Å². The predicted octanol–water partition coefficient (Wildman–Crippen LogP) is 3.14. The van der Waals surface area contributed by atoms with Crippen molar-refractivity contribution in [3.63, 3.8) is 0 Å². The first-order valence-electron chi connectivity index (χ1n) is 7.52. The van der Waals surface area contributed by atoms with Gasteiger partial charge in [-0.25, -0.2) is 9.78 Å². The zero-order valence-corrected chi connectivity index (χ0v) is 14.2. The summed E-state index contributed by atoms with van der Waals surface area (Å²) in [7, 11) is 1.34. The minimum absolute atomic E-state index is 0.221. The molecule has 2 rings (SSSR count). The van der Waals surface area contributed by atoms with Crippen molar-refractivity contribution in [1.29, 1.82) is 0 Å². The van der Waals surface area contributed by atoms with E-state index in [1.54, 1.807) is 36.5 Å². The molecule has 0 saturated heterocycles. The Labute approximate surface area is 141 Å². The van der Waals surface area contributed by atoms with Crippen molar-refractivity contribution in [3.05, 3.63) is 53.9 Å². The number of aromatic nitrogens is 1. The third-order valence-corrected chi connectivity index (χ3v) is 3.06. The maximum absolute atomic E-state index is 12.0. The number of carbonyl (C=O) groups is 2. The molecule has 0 bridgehead atoms. The highest BCUT2D eigenvalue weighted by atomic mass is 16.5. The Balaban J connectivity index is 2.09. The van der Waals surface area contributed by atoms with Gasteiger partial charge in [0, 0.05) is 11.2 Å². The van der Waals surface area contributed by atoms with Crippen molar-refractivity contribution >= 4 is 23.3 Å². The summed E-state index contributed by atoms with van der Waals surface area (Å²) in [5.41, 5.74) is 1.93. The van der Waals surface area contributed by atoms with Gasteiger partial charge in [0.2, 0.25) is 0 Å². The molecule has 24 heavy (non-hydrogen) atoms. The lowest BCUT2D eigenvalue weighted by Gasteiger charge is -2.20. The fourth-order valence-corrected chi connectivity index (χ4v) is 2.02. The largest absolute Gasteiger partial charge is 0.465 e. The van der Waals surface area contributed by atoms with Gasteiger partial charge in [-0.1, -0.05) is 6.07 Å². The molecule has 0 fully saturated rings. The molecule has 0 radical (unpaired) electrons. The molecule has 0 spiro atoms. The van der Waals surface area contributed by atoms with Crippen LogP contribution in [0.25, 0.3) is 0 Å². The number of hydrogen-bond donors (Lipinski definition) is 2. The number of benzene rings is 1. The van der Waals surface area contributed by atoms with Gasteiger partial charge in [-0.05, 0) is 51.1 Å². The topological polar surface area (TPSA) is 80.3 Å². The van der Waals surface area contributed by atoms with Crippen LogP contribution in [0, 0.1) is 0 Å². The molecule has 126 valence electrons. The van der Waals surface area contributed by atoms with Gasteiger partial charge in [0.05, 0.1) is 24.6 Å². The van der Waals surface area contributed by atoms with E-state index in [1.807, 2.05) is 26.8 Å². The normalized spacial score (nSPS) is 10.8. The number of nitrogens with zero attached hydrogens (tertiary/aromatic N) is 1. The van der Waals surface area contributed by atoms with Gasteiger partial charge in [-0.3, -0.25) is 4.79 Å². The quantitative estimate of drug-likeness (QED) is 0.843. The molecule has 1 aromatic heterocycles. The Hall–Kier alpha value is -2.89. The molecular formula is C18H21N3O3. The van der Waals surface area contributed by atoms with E-state index < -0.39 is 5.97 Å². The SMILES string of the molecule is COC(=O)c1cccc(Nc2ccc(C(=O)NC(C)(C)C)nc2)c1. The van der Waals surface area contributed by atoms with Crippen LogP contribution in [-0.2, 0) is 4.74 Å². The second-order valence-electron chi connectivity index (χ2n) is 6.33. The lowest BCUT2D eigenvalue weighted by atomic mass is 10.1. The average Bonchev–Trinajstić information content (AvgIpc) is 2.53. The Bertz CT molecular complexity index is 734. The minimum Gasteiger partial charge on any atom is -0.465 e. The molecule has 6 nitrogen and oxygen atoms in total.